The average molecular weight is 521 g/mol. The molecule has 8 atom stereocenters. The Hall–Kier alpha value is -2.43. The van der Waals surface area contributed by atoms with Gasteiger partial charge in [-0.15, -0.1) is 0 Å². The fraction of sp³-hybridized carbons (Fsp3) is 0.667. The van der Waals surface area contributed by atoms with Crippen molar-refractivity contribution < 1.29 is 23.9 Å². The highest BCUT2D eigenvalue weighted by atomic mass is 16.5. The van der Waals surface area contributed by atoms with Crippen LogP contribution in [0.2, 0.25) is 0 Å². The van der Waals surface area contributed by atoms with Crippen LogP contribution >= 0.6 is 0 Å². The summed E-state index contributed by atoms with van der Waals surface area (Å²) >= 11 is 0. The van der Waals surface area contributed by atoms with Crippen molar-refractivity contribution >= 4 is 17.7 Å². The van der Waals surface area contributed by atoms with E-state index in [4.69, 9.17) is 9.47 Å². The molecule has 5 rings (SSSR count). The Morgan fingerprint density at radius 1 is 1.03 bits per heavy atom. The van der Waals surface area contributed by atoms with Crippen molar-refractivity contribution in [2.24, 2.45) is 40.4 Å². The van der Waals surface area contributed by atoms with Crippen molar-refractivity contribution in [3.8, 4) is 0 Å². The van der Waals surface area contributed by atoms with Crippen LogP contribution in [0.1, 0.15) is 95.8 Å². The van der Waals surface area contributed by atoms with E-state index in [1.807, 2.05) is 31.2 Å². The number of benzene rings is 1. The van der Waals surface area contributed by atoms with Crippen molar-refractivity contribution in [3.05, 3.63) is 47.5 Å². The Morgan fingerprint density at radius 3 is 2.53 bits per heavy atom. The molecule has 0 aromatic heterocycles. The first-order chi connectivity index (χ1) is 18.2. The smallest absolute Gasteiger partial charge is 0.338 e. The molecule has 0 amide bonds. The Kier molecular flexibility index (Phi) is 7.59. The van der Waals surface area contributed by atoms with Crippen LogP contribution in [-0.2, 0) is 19.1 Å². The molecular weight excluding hydrogens is 476 g/mol. The molecule has 4 aliphatic rings. The largest absolute Gasteiger partial charge is 0.466 e. The summed E-state index contributed by atoms with van der Waals surface area (Å²) in [5.74, 6) is 1.78. The van der Waals surface area contributed by atoms with E-state index in [0.717, 1.165) is 44.9 Å². The molecule has 0 N–H and O–H groups in total. The van der Waals surface area contributed by atoms with Gasteiger partial charge in [0.2, 0.25) is 0 Å². The monoisotopic (exact) mass is 520 g/mol. The summed E-state index contributed by atoms with van der Waals surface area (Å²) in [4.78, 5) is 38.4. The molecule has 4 aliphatic carbocycles. The topological polar surface area (TPSA) is 69.7 Å². The first-order valence-corrected chi connectivity index (χ1v) is 14.8. The van der Waals surface area contributed by atoms with Gasteiger partial charge in [-0.25, -0.2) is 4.79 Å². The number of allylic oxidation sites excluding steroid dienone is 1. The van der Waals surface area contributed by atoms with Gasteiger partial charge < -0.3 is 9.47 Å². The van der Waals surface area contributed by atoms with E-state index in [-0.39, 0.29) is 34.8 Å². The minimum Gasteiger partial charge on any atom is -0.466 e. The lowest BCUT2D eigenvalue weighted by molar-refractivity contribution is -0.143. The van der Waals surface area contributed by atoms with Crippen molar-refractivity contribution in [2.75, 3.05) is 6.61 Å². The highest BCUT2D eigenvalue weighted by Crippen LogP contribution is 2.66. The fourth-order valence-corrected chi connectivity index (χ4v) is 9.02. The van der Waals surface area contributed by atoms with Gasteiger partial charge in [-0.1, -0.05) is 44.5 Å². The van der Waals surface area contributed by atoms with Gasteiger partial charge in [0.05, 0.1) is 12.2 Å². The molecule has 1 aromatic rings. The van der Waals surface area contributed by atoms with Crippen LogP contribution in [0, 0.1) is 40.4 Å². The number of fused-ring (bicyclic) bond motifs is 5. The number of carbonyl (C=O) groups excluding carboxylic acids is 3. The number of ether oxygens (including phenoxy) is 2. The zero-order chi connectivity index (χ0) is 27.1. The Labute approximate surface area is 227 Å². The molecule has 1 aromatic carbocycles. The summed E-state index contributed by atoms with van der Waals surface area (Å²) < 4.78 is 11.1. The molecular formula is C33H44O5. The molecule has 0 bridgehead atoms. The third-order valence-corrected chi connectivity index (χ3v) is 11.1. The quantitative estimate of drug-likeness (QED) is 0.364. The number of rotatable bonds is 7. The van der Waals surface area contributed by atoms with Crippen molar-refractivity contribution in [1.82, 2.24) is 0 Å². The number of hydrogen-bond acceptors (Lipinski definition) is 5. The Balaban J connectivity index is 1.29. The second kappa shape index (κ2) is 10.6. The molecule has 0 unspecified atom stereocenters. The van der Waals surface area contributed by atoms with Crippen LogP contribution < -0.4 is 0 Å². The van der Waals surface area contributed by atoms with Gasteiger partial charge >= 0.3 is 11.9 Å². The molecule has 206 valence electrons. The van der Waals surface area contributed by atoms with Gasteiger partial charge in [0, 0.05) is 18.8 Å². The summed E-state index contributed by atoms with van der Waals surface area (Å²) in [5, 5.41) is 0. The van der Waals surface area contributed by atoms with Gasteiger partial charge in [-0.2, -0.15) is 0 Å². The minimum absolute atomic E-state index is 0.00315. The molecule has 0 radical (unpaired) electrons. The summed E-state index contributed by atoms with van der Waals surface area (Å²) in [6.07, 6.45) is 10.1. The number of ketones is 1. The molecule has 0 saturated heterocycles. The number of hydrogen-bond donors (Lipinski definition) is 0. The maximum absolute atomic E-state index is 13.8. The van der Waals surface area contributed by atoms with Crippen LogP contribution in [0.5, 0.6) is 0 Å². The molecule has 0 aliphatic heterocycles. The van der Waals surface area contributed by atoms with E-state index in [1.165, 1.54) is 5.57 Å². The normalized spacial score (nSPS) is 36.8. The molecule has 5 heteroatoms. The van der Waals surface area contributed by atoms with Crippen LogP contribution in [0.4, 0.5) is 0 Å². The highest BCUT2D eigenvalue weighted by Gasteiger charge is 2.61. The lowest BCUT2D eigenvalue weighted by Crippen LogP contribution is -2.53. The maximum Gasteiger partial charge on any atom is 0.338 e. The summed E-state index contributed by atoms with van der Waals surface area (Å²) in [6.45, 7) is 9.39. The van der Waals surface area contributed by atoms with Crippen LogP contribution in [0.3, 0.4) is 0 Å². The van der Waals surface area contributed by atoms with Gasteiger partial charge in [0.15, 0.2) is 5.78 Å². The third kappa shape index (κ3) is 4.75. The standard InChI is InChI=1S/C33H44O5/c1-5-37-29(35)14-11-21(2)25-12-13-26-30-27(16-18-33(25,26)4)32(3)17-15-24(19-23(32)20-28(30)34)38-31(36)22-9-7-6-8-10-22/h6-10,20-21,24-27,30H,5,11-19H2,1-4H3/t21-,24-,25-,26+,27+,30+,32+,33-/m1/s1. The molecule has 3 saturated carbocycles. The molecule has 0 heterocycles. The third-order valence-electron chi connectivity index (χ3n) is 11.1. The van der Waals surface area contributed by atoms with Crippen LogP contribution in [-0.4, -0.2) is 30.4 Å². The Bertz CT molecular complexity index is 1090. The second-order valence-electron chi connectivity index (χ2n) is 12.9. The van der Waals surface area contributed by atoms with Crippen molar-refractivity contribution in [1.29, 1.82) is 0 Å². The zero-order valence-corrected chi connectivity index (χ0v) is 23.5. The SMILES string of the molecule is CCOC(=O)CC[C@@H](C)[C@H]1CC[C@H]2[C@@H]3C(=O)C=C4C[C@H](OC(=O)c5ccccc5)CC[C@]4(C)[C@H]3CC[C@]12C. The van der Waals surface area contributed by atoms with E-state index < -0.39 is 0 Å². The van der Waals surface area contributed by atoms with Gasteiger partial charge in [0.1, 0.15) is 6.10 Å². The molecule has 0 spiro atoms. The van der Waals surface area contributed by atoms with Gasteiger partial charge in [0.25, 0.3) is 0 Å². The van der Waals surface area contributed by atoms with Gasteiger partial charge in [-0.3, -0.25) is 9.59 Å². The minimum atomic E-state index is -0.276. The van der Waals surface area contributed by atoms with E-state index in [0.29, 0.717) is 54.5 Å². The van der Waals surface area contributed by atoms with E-state index in [2.05, 4.69) is 20.8 Å². The van der Waals surface area contributed by atoms with Crippen LogP contribution in [0.15, 0.2) is 42.0 Å². The first-order valence-electron chi connectivity index (χ1n) is 14.8. The van der Waals surface area contributed by atoms with Gasteiger partial charge in [-0.05, 0) is 105 Å². The zero-order valence-electron chi connectivity index (χ0n) is 23.5. The van der Waals surface area contributed by atoms with E-state index in [9.17, 15) is 14.4 Å². The average Bonchev–Trinajstić information content (AvgIpc) is 3.26. The highest BCUT2D eigenvalue weighted by molar-refractivity contribution is 5.94. The molecule has 38 heavy (non-hydrogen) atoms. The maximum atomic E-state index is 13.8. The number of carbonyl (C=O) groups is 3. The summed E-state index contributed by atoms with van der Waals surface area (Å²) in [6, 6.07) is 9.17. The Morgan fingerprint density at radius 2 is 1.79 bits per heavy atom. The van der Waals surface area contributed by atoms with E-state index >= 15 is 0 Å². The molecule has 5 nitrogen and oxygen atoms in total. The lowest BCUT2D eigenvalue weighted by Gasteiger charge is -2.57. The summed E-state index contributed by atoms with van der Waals surface area (Å²) in [5.41, 5.74) is 1.92. The summed E-state index contributed by atoms with van der Waals surface area (Å²) in [7, 11) is 0. The van der Waals surface area contributed by atoms with Crippen molar-refractivity contribution in [2.45, 2.75) is 91.6 Å². The molecule has 3 fully saturated rings. The second-order valence-corrected chi connectivity index (χ2v) is 12.9. The van der Waals surface area contributed by atoms with E-state index in [1.54, 1.807) is 12.1 Å². The number of esters is 2. The fourth-order valence-electron chi connectivity index (χ4n) is 9.02. The van der Waals surface area contributed by atoms with Crippen LogP contribution in [0.25, 0.3) is 0 Å². The van der Waals surface area contributed by atoms with Crippen molar-refractivity contribution in [3.63, 3.8) is 0 Å². The predicted octanol–water partition coefficient (Wildman–Crippen LogP) is 6.95. The predicted molar refractivity (Wildman–Crippen MR) is 146 cm³/mol. The first kappa shape index (κ1) is 27.1. The lowest BCUT2D eigenvalue weighted by atomic mass is 9.46.